The molecule has 0 saturated carbocycles. The molecule has 1 aliphatic rings. The zero-order valence-electron chi connectivity index (χ0n) is 23.5. The molecular formula is C29H34BrClN4O4S. The van der Waals surface area contributed by atoms with Gasteiger partial charge in [-0.15, -0.1) is 5.10 Å². The van der Waals surface area contributed by atoms with E-state index in [1.165, 1.54) is 11.8 Å². The average Bonchev–Trinajstić information content (AvgIpc) is 3.29. The fourth-order valence-electron chi connectivity index (χ4n) is 4.23. The standard InChI is InChI=1S/C29H34BrClN4O4S/c1-16(2)11-12-38-26-21(30)13-20(14-23(26)37-6)25-24(27(36)39-17(3)4)18(5)32-28-33-29(34-35(25)28)40-15-19-9-7-8-10-22(19)31/h7-10,13-14,16-17,25H,11-12,15H2,1-6H3,(H,32,33,34). The van der Waals surface area contributed by atoms with Crippen molar-refractivity contribution < 1.29 is 19.0 Å². The number of nitrogens with one attached hydrogen (secondary N) is 1. The second-order valence-electron chi connectivity index (χ2n) is 10.1. The van der Waals surface area contributed by atoms with Gasteiger partial charge in [0.15, 0.2) is 11.5 Å². The Kier molecular flexibility index (Phi) is 10.1. The van der Waals surface area contributed by atoms with E-state index < -0.39 is 12.0 Å². The zero-order valence-corrected chi connectivity index (χ0v) is 26.6. The lowest BCUT2D eigenvalue weighted by molar-refractivity contribution is -0.143. The van der Waals surface area contributed by atoms with Crippen molar-refractivity contribution in [3.05, 3.63) is 68.3 Å². The van der Waals surface area contributed by atoms with Crippen LogP contribution in [-0.2, 0) is 15.3 Å². The van der Waals surface area contributed by atoms with Crippen molar-refractivity contribution in [3.8, 4) is 11.5 Å². The Morgan fingerprint density at radius 3 is 2.65 bits per heavy atom. The first-order valence-corrected chi connectivity index (χ1v) is 15.3. The van der Waals surface area contributed by atoms with Crippen LogP contribution in [0.15, 0.2) is 57.3 Å². The Morgan fingerprint density at radius 1 is 1.23 bits per heavy atom. The van der Waals surface area contributed by atoms with E-state index in [4.69, 9.17) is 35.9 Å². The van der Waals surface area contributed by atoms with Gasteiger partial charge >= 0.3 is 5.97 Å². The number of allylic oxidation sites excluding steroid dienone is 1. The van der Waals surface area contributed by atoms with E-state index >= 15 is 0 Å². The average molecular weight is 650 g/mol. The van der Waals surface area contributed by atoms with Crippen molar-refractivity contribution >= 4 is 51.2 Å². The second-order valence-corrected chi connectivity index (χ2v) is 12.3. The molecule has 2 aromatic carbocycles. The predicted octanol–water partition coefficient (Wildman–Crippen LogP) is 7.66. The molecule has 1 N–H and O–H groups in total. The van der Waals surface area contributed by atoms with Crippen molar-refractivity contribution in [2.75, 3.05) is 19.0 Å². The molecule has 2 heterocycles. The molecule has 11 heteroatoms. The number of fused-ring (bicyclic) bond motifs is 1. The SMILES string of the molecule is COc1cc(C2C(C(=O)OC(C)C)=C(C)Nc3nc(SCc4ccccc4Cl)nn32)cc(Br)c1OCCC(C)C. The first-order valence-electron chi connectivity index (χ1n) is 13.1. The molecule has 4 rings (SSSR count). The van der Waals surface area contributed by atoms with Gasteiger partial charge in [0.25, 0.3) is 0 Å². The van der Waals surface area contributed by atoms with E-state index in [0.29, 0.717) is 61.6 Å². The van der Waals surface area contributed by atoms with Gasteiger partial charge in [0, 0.05) is 16.5 Å². The van der Waals surface area contributed by atoms with Crippen LogP contribution in [0.3, 0.4) is 0 Å². The van der Waals surface area contributed by atoms with Crippen LogP contribution in [0.2, 0.25) is 5.02 Å². The number of carbonyl (C=O) groups is 1. The monoisotopic (exact) mass is 648 g/mol. The van der Waals surface area contributed by atoms with Crippen molar-refractivity contribution in [3.63, 3.8) is 0 Å². The lowest BCUT2D eigenvalue weighted by Gasteiger charge is -2.29. The highest BCUT2D eigenvalue weighted by molar-refractivity contribution is 9.10. The maximum absolute atomic E-state index is 13.4. The van der Waals surface area contributed by atoms with Gasteiger partial charge in [-0.1, -0.05) is 55.4 Å². The third-order valence-corrected chi connectivity index (χ3v) is 8.06. The van der Waals surface area contributed by atoms with Crippen LogP contribution >= 0.6 is 39.3 Å². The quantitative estimate of drug-likeness (QED) is 0.167. The molecule has 1 unspecified atom stereocenters. The Morgan fingerprint density at radius 2 is 1.98 bits per heavy atom. The summed E-state index contributed by atoms with van der Waals surface area (Å²) in [6.07, 6.45) is 0.626. The van der Waals surface area contributed by atoms with E-state index in [9.17, 15) is 4.79 Å². The molecule has 0 saturated heterocycles. The highest BCUT2D eigenvalue weighted by Crippen LogP contribution is 2.43. The number of anilines is 1. The molecule has 0 amide bonds. The number of aromatic nitrogens is 3. The van der Waals surface area contributed by atoms with Crippen LogP contribution in [-0.4, -0.2) is 40.6 Å². The number of nitrogens with zero attached hydrogens (tertiary/aromatic N) is 3. The summed E-state index contributed by atoms with van der Waals surface area (Å²) >= 11 is 11.5. The van der Waals surface area contributed by atoms with E-state index in [2.05, 4.69) is 35.1 Å². The summed E-state index contributed by atoms with van der Waals surface area (Å²) in [5.74, 6) is 2.38. The molecule has 40 heavy (non-hydrogen) atoms. The summed E-state index contributed by atoms with van der Waals surface area (Å²) in [7, 11) is 1.60. The fourth-order valence-corrected chi connectivity index (χ4v) is 5.92. The lowest BCUT2D eigenvalue weighted by Crippen LogP contribution is -2.30. The molecule has 214 valence electrons. The molecular weight excluding hydrogens is 616 g/mol. The first-order chi connectivity index (χ1) is 19.1. The minimum absolute atomic E-state index is 0.287. The number of hydrogen-bond acceptors (Lipinski definition) is 8. The summed E-state index contributed by atoms with van der Waals surface area (Å²) in [5.41, 5.74) is 2.84. The lowest BCUT2D eigenvalue weighted by atomic mass is 9.95. The molecule has 0 aliphatic carbocycles. The third kappa shape index (κ3) is 6.95. The van der Waals surface area contributed by atoms with E-state index in [1.54, 1.807) is 11.8 Å². The largest absolute Gasteiger partial charge is 0.493 e. The smallest absolute Gasteiger partial charge is 0.338 e. The molecule has 0 radical (unpaired) electrons. The molecule has 1 aromatic heterocycles. The van der Waals surface area contributed by atoms with Crippen LogP contribution in [0.25, 0.3) is 0 Å². The topological polar surface area (TPSA) is 87.5 Å². The number of hydrogen-bond donors (Lipinski definition) is 1. The van der Waals surface area contributed by atoms with Gasteiger partial charge in [-0.3, -0.25) is 0 Å². The maximum Gasteiger partial charge on any atom is 0.338 e. The van der Waals surface area contributed by atoms with Crippen LogP contribution in [0.5, 0.6) is 11.5 Å². The van der Waals surface area contributed by atoms with Crippen LogP contribution in [0.1, 0.15) is 58.2 Å². The summed E-state index contributed by atoms with van der Waals surface area (Å²) < 4.78 is 19.9. The Balaban J connectivity index is 1.74. The molecule has 1 aliphatic heterocycles. The fraction of sp³-hybridized carbons (Fsp3) is 0.414. The van der Waals surface area contributed by atoms with Crippen molar-refractivity contribution in [1.82, 2.24) is 14.8 Å². The molecule has 8 nitrogen and oxygen atoms in total. The molecule has 1 atom stereocenters. The van der Waals surface area contributed by atoms with E-state index in [0.717, 1.165) is 17.5 Å². The number of thioether (sulfide) groups is 1. The van der Waals surface area contributed by atoms with Gasteiger partial charge in [-0.25, -0.2) is 9.48 Å². The number of methoxy groups -OCH3 is 1. The van der Waals surface area contributed by atoms with Gasteiger partial charge in [-0.05, 0) is 78.4 Å². The highest BCUT2D eigenvalue weighted by atomic mass is 79.9. The van der Waals surface area contributed by atoms with Gasteiger partial charge < -0.3 is 19.5 Å². The number of benzene rings is 2. The highest BCUT2D eigenvalue weighted by Gasteiger charge is 2.36. The molecule has 3 aromatic rings. The van der Waals surface area contributed by atoms with Gasteiger partial charge in [-0.2, -0.15) is 4.98 Å². The zero-order chi connectivity index (χ0) is 29.0. The van der Waals surface area contributed by atoms with Crippen molar-refractivity contribution in [2.45, 2.75) is 64.1 Å². The van der Waals surface area contributed by atoms with Crippen LogP contribution < -0.4 is 14.8 Å². The third-order valence-electron chi connectivity index (χ3n) is 6.22. The summed E-state index contributed by atoms with van der Waals surface area (Å²) in [6, 6.07) is 10.9. The predicted molar refractivity (Wildman–Crippen MR) is 162 cm³/mol. The number of halogens is 2. The van der Waals surface area contributed by atoms with Crippen LogP contribution in [0, 0.1) is 5.92 Å². The van der Waals surface area contributed by atoms with Gasteiger partial charge in [0.1, 0.15) is 6.04 Å². The Labute approximate surface area is 252 Å². The Hall–Kier alpha value is -2.69. The summed E-state index contributed by atoms with van der Waals surface area (Å²) in [6.45, 7) is 10.4. The number of esters is 1. The number of ether oxygens (including phenoxy) is 3. The van der Waals surface area contributed by atoms with Crippen LogP contribution in [0.4, 0.5) is 5.95 Å². The first kappa shape index (κ1) is 30.3. The molecule has 0 bridgehead atoms. The van der Waals surface area contributed by atoms with Crippen molar-refractivity contribution in [1.29, 1.82) is 0 Å². The normalized spacial score (nSPS) is 14.8. The van der Waals surface area contributed by atoms with Crippen molar-refractivity contribution in [2.24, 2.45) is 5.92 Å². The van der Waals surface area contributed by atoms with E-state index in [1.807, 2.05) is 57.2 Å². The Bertz CT molecular complexity index is 1410. The van der Waals surface area contributed by atoms with E-state index in [-0.39, 0.29) is 6.10 Å². The van der Waals surface area contributed by atoms with Gasteiger partial charge in [0.2, 0.25) is 11.1 Å². The summed E-state index contributed by atoms with van der Waals surface area (Å²) in [5, 5.41) is 9.31. The minimum Gasteiger partial charge on any atom is -0.493 e. The summed E-state index contributed by atoms with van der Waals surface area (Å²) in [4.78, 5) is 18.1. The maximum atomic E-state index is 13.4. The molecule has 0 spiro atoms. The number of rotatable bonds is 11. The second kappa shape index (κ2) is 13.3. The molecule has 0 fully saturated rings. The number of carbonyl (C=O) groups excluding carboxylic acids is 1. The van der Waals surface area contributed by atoms with Gasteiger partial charge in [0.05, 0.1) is 29.9 Å². The minimum atomic E-state index is -0.612.